The molecule has 3 nitrogen and oxygen atoms in total. The van der Waals surface area contributed by atoms with Gasteiger partial charge in [0.2, 0.25) is 0 Å². The lowest BCUT2D eigenvalue weighted by molar-refractivity contribution is -0.137. The minimum atomic E-state index is -0.738. The number of nitrogens with zero attached hydrogens (tertiary/aromatic N) is 1. The number of aliphatic carboxylic acids is 1. The van der Waals surface area contributed by atoms with E-state index in [-0.39, 0.29) is 12.5 Å². The van der Waals surface area contributed by atoms with E-state index in [1.54, 1.807) is 0 Å². The van der Waals surface area contributed by atoms with Crippen LogP contribution in [0.3, 0.4) is 0 Å². The highest BCUT2D eigenvalue weighted by atomic mass is 16.4. The second-order valence-electron chi connectivity index (χ2n) is 5.57. The molecule has 0 fully saturated rings. The van der Waals surface area contributed by atoms with E-state index in [0.29, 0.717) is 12.6 Å². The number of rotatable bonds is 6. The van der Waals surface area contributed by atoms with Crippen LogP contribution in [0.25, 0.3) is 0 Å². The molecule has 0 saturated heterocycles. The van der Waals surface area contributed by atoms with Crippen molar-refractivity contribution in [3.05, 3.63) is 34.9 Å². The van der Waals surface area contributed by atoms with Gasteiger partial charge in [0.05, 0.1) is 6.42 Å². The maximum Gasteiger partial charge on any atom is 0.304 e. The van der Waals surface area contributed by atoms with Gasteiger partial charge in [0.15, 0.2) is 0 Å². The summed E-state index contributed by atoms with van der Waals surface area (Å²) in [6.07, 6.45) is 0.188. The Morgan fingerprint density at radius 1 is 1.16 bits per heavy atom. The molecule has 0 aromatic heterocycles. The van der Waals surface area contributed by atoms with Crippen LogP contribution in [0.4, 0.5) is 0 Å². The predicted molar refractivity (Wildman–Crippen MR) is 78.4 cm³/mol. The first-order chi connectivity index (χ1) is 8.81. The Kier molecular flexibility index (Phi) is 5.55. The summed E-state index contributed by atoms with van der Waals surface area (Å²) < 4.78 is 0. The molecule has 1 N–H and O–H groups in total. The molecule has 0 heterocycles. The number of carboxylic acids is 1. The maximum atomic E-state index is 10.8. The van der Waals surface area contributed by atoms with E-state index < -0.39 is 5.97 Å². The van der Waals surface area contributed by atoms with Crippen molar-refractivity contribution in [1.29, 1.82) is 0 Å². The zero-order valence-corrected chi connectivity index (χ0v) is 12.6. The van der Waals surface area contributed by atoms with E-state index in [1.165, 1.54) is 16.7 Å². The predicted octanol–water partition coefficient (Wildman–Crippen LogP) is 3.55. The third-order valence-electron chi connectivity index (χ3n) is 3.47. The second-order valence-corrected chi connectivity index (χ2v) is 5.57. The summed E-state index contributed by atoms with van der Waals surface area (Å²) in [5.74, 6) is -0.738. The lowest BCUT2D eigenvalue weighted by Gasteiger charge is -2.33. The molecule has 1 aromatic rings. The Hall–Kier alpha value is -1.35. The summed E-state index contributed by atoms with van der Waals surface area (Å²) in [6, 6.07) is 7.10. The molecule has 0 spiro atoms. The molecular formula is C16H25NO2. The van der Waals surface area contributed by atoms with Gasteiger partial charge in [-0.15, -0.1) is 0 Å². The van der Waals surface area contributed by atoms with Gasteiger partial charge in [-0.05, 0) is 40.2 Å². The summed E-state index contributed by atoms with van der Waals surface area (Å²) in [5.41, 5.74) is 3.77. The quantitative estimate of drug-likeness (QED) is 0.853. The highest BCUT2D eigenvalue weighted by molar-refractivity contribution is 5.66. The van der Waals surface area contributed by atoms with Crippen molar-refractivity contribution in [2.45, 2.75) is 53.1 Å². The Morgan fingerprint density at radius 2 is 1.68 bits per heavy atom. The van der Waals surface area contributed by atoms with Crippen LogP contribution in [0.2, 0.25) is 0 Å². The molecule has 19 heavy (non-hydrogen) atoms. The number of benzene rings is 1. The van der Waals surface area contributed by atoms with Gasteiger partial charge in [-0.1, -0.05) is 29.3 Å². The fraction of sp³-hybridized carbons (Fsp3) is 0.562. The first kappa shape index (κ1) is 15.7. The van der Waals surface area contributed by atoms with E-state index in [4.69, 9.17) is 5.11 Å². The first-order valence-corrected chi connectivity index (χ1v) is 6.87. The van der Waals surface area contributed by atoms with E-state index in [1.807, 2.05) is 0 Å². The highest BCUT2D eigenvalue weighted by Crippen LogP contribution is 2.24. The molecule has 1 atom stereocenters. The van der Waals surface area contributed by atoms with Crippen molar-refractivity contribution in [3.8, 4) is 0 Å². The molecule has 0 saturated carbocycles. The third-order valence-corrected chi connectivity index (χ3v) is 3.47. The molecule has 1 unspecified atom stereocenters. The van der Waals surface area contributed by atoms with Crippen LogP contribution >= 0.6 is 0 Å². The average molecular weight is 263 g/mol. The van der Waals surface area contributed by atoms with E-state index in [2.05, 4.69) is 57.7 Å². The van der Waals surface area contributed by atoms with Gasteiger partial charge >= 0.3 is 5.97 Å². The van der Waals surface area contributed by atoms with Crippen molar-refractivity contribution < 1.29 is 9.90 Å². The van der Waals surface area contributed by atoms with Gasteiger partial charge < -0.3 is 5.11 Å². The number of aryl methyl sites for hydroxylation is 2. The average Bonchev–Trinajstić information content (AvgIpc) is 2.26. The number of hydrogen-bond acceptors (Lipinski definition) is 2. The molecule has 0 aliphatic rings. The lowest BCUT2D eigenvalue weighted by atomic mass is 10.00. The number of carbonyl (C=O) groups is 1. The molecule has 0 aliphatic heterocycles. The van der Waals surface area contributed by atoms with Crippen molar-refractivity contribution >= 4 is 5.97 Å². The fourth-order valence-electron chi connectivity index (χ4n) is 2.57. The summed E-state index contributed by atoms with van der Waals surface area (Å²) in [6.45, 7) is 11.2. The molecule has 3 heteroatoms. The minimum Gasteiger partial charge on any atom is -0.481 e. The Morgan fingerprint density at radius 3 is 2.11 bits per heavy atom. The zero-order valence-electron chi connectivity index (χ0n) is 12.6. The summed E-state index contributed by atoms with van der Waals surface area (Å²) in [4.78, 5) is 13.0. The molecule has 0 aliphatic carbocycles. The van der Waals surface area contributed by atoms with E-state index >= 15 is 0 Å². The summed E-state index contributed by atoms with van der Waals surface area (Å²) in [7, 11) is 0. The van der Waals surface area contributed by atoms with Gasteiger partial charge in [0.25, 0.3) is 0 Å². The monoisotopic (exact) mass is 263 g/mol. The normalized spacial score (nSPS) is 13.0. The maximum absolute atomic E-state index is 10.8. The second kappa shape index (κ2) is 6.71. The van der Waals surface area contributed by atoms with E-state index in [0.717, 1.165) is 0 Å². The standard InChI is InChI=1S/C16H25NO2/c1-11(2)17(7-6-16(18)19)14(5)15-9-12(3)8-13(4)10-15/h8-11,14H,6-7H2,1-5H3,(H,18,19). The van der Waals surface area contributed by atoms with Crippen LogP contribution in [-0.2, 0) is 4.79 Å². The molecule has 0 amide bonds. The van der Waals surface area contributed by atoms with Crippen LogP contribution in [-0.4, -0.2) is 28.6 Å². The molecule has 0 bridgehead atoms. The van der Waals surface area contributed by atoms with Crippen LogP contribution in [0.5, 0.6) is 0 Å². The Balaban J connectivity index is 2.91. The third kappa shape index (κ3) is 4.67. The molecule has 106 valence electrons. The topological polar surface area (TPSA) is 40.5 Å². The van der Waals surface area contributed by atoms with Crippen molar-refractivity contribution in [2.75, 3.05) is 6.54 Å². The van der Waals surface area contributed by atoms with Gasteiger partial charge in [-0.3, -0.25) is 9.69 Å². The largest absolute Gasteiger partial charge is 0.481 e. The Labute approximate surface area is 116 Å². The number of hydrogen-bond donors (Lipinski definition) is 1. The number of carboxylic acid groups (broad SMARTS) is 1. The van der Waals surface area contributed by atoms with Crippen molar-refractivity contribution in [1.82, 2.24) is 4.90 Å². The van der Waals surface area contributed by atoms with Crippen LogP contribution in [0.1, 0.15) is 49.9 Å². The van der Waals surface area contributed by atoms with Crippen molar-refractivity contribution in [2.24, 2.45) is 0 Å². The molecule has 1 aromatic carbocycles. The van der Waals surface area contributed by atoms with Gasteiger partial charge in [0.1, 0.15) is 0 Å². The smallest absolute Gasteiger partial charge is 0.304 e. The van der Waals surface area contributed by atoms with E-state index in [9.17, 15) is 4.79 Å². The van der Waals surface area contributed by atoms with Crippen LogP contribution in [0, 0.1) is 13.8 Å². The van der Waals surface area contributed by atoms with Crippen molar-refractivity contribution in [3.63, 3.8) is 0 Å². The van der Waals surface area contributed by atoms with Crippen LogP contribution < -0.4 is 0 Å². The molecule has 0 radical (unpaired) electrons. The lowest BCUT2D eigenvalue weighted by Crippen LogP contribution is -2.35. The first-order valence-electron chi connectivity index (χ1n) is 6.87. The molecule has 1 rings (SSSR count). The Bertz CT molecular complexity index is 420. The van der Waals surface area contributed by atoms with Gasteiger partial charge in [-0.2, -0.15) is 0 Å². The molecular weight excluding hydrogens is 238 g/mol. The van der Waals surface area contributed by atoms with Gasteiger partial charge in [0, 0.05) is 18.6 Å². The van der Waals surface area contributed by atoms with Crippen LogP contribution in [0.15, 0.2) is 18.2 Å². The summed E-state index contributed by atoms with van der Waals surface area (Å²) >= 11 is 0. The SMILES string of the molecule is Cc1cc(C)cc(C(C)N(CCC(=O)O)C(C)C)c1. The van der Waals surface area contributed by atoms with Gasteiger partial charge in [-0.25, -0.2) is 0 Å². The highest BCUT2D eigenvalue weighted by Gasteiger charge is 2.19. The fourth-order valence-corrected chi connectivity index (χ4v) is 2.57. The zero-order chi connectivity index (χ0) is 14.6. The minimum absolute atomic E-state index is 0.188. The summed E-state index contributed by atoms with van der Waals surface area (Å²) in [5, 5.41) is 8.86.